The van der Waals surface area contributed by atoms with Crippen LogP contribution < -0.4 is 0 Å². The summed E-state index contributed by atoms with van der Waals surface area (Å²) in [6.45, 7) is 7.04. The van der Waals surface area contributed by atoms with Crippen molar-refractivity contribution in [1.29, 1.82) is 15.8 Å². The standard InChI is InChI=1S/C16H6N4S2/c1-20-14-3-13(10-19)6-16(7-14)22-21-15-4-11(8-17)2-12(5-15)9-18/h2-7H. The van der Waals surface area contributed by atoms with Gasteiger partial charge in [0.1, 0.15) is 0 Å². The van der Waals surface area contributed by atoms with E-state index in [4.69, 9.17) is 22.4 Å². The highest BCUT2D eigenvalue weighted by Crippen LogP contribution is 2.39. The number of rotatable bonds is 3. The molecule has 0 aliphatic heterocycles. The molecule has 0 aromatic heterocycles. The molecule has 2 aromatic carbocycles. The fourth-order valence-corrected chi connectivity index (χ4v) is 3.67. The number of benzene rings is 2. The van der Waals surface area contributed by atoms with Crippen LogP contribution in [0.4, 0.5) is 5.69 Å². The van der Waals surface area contributed by atoms with Gasteiger partial charge >= 0.3 is 0 Å². The second-order valence-electron chi connectivity index (χ2n) is 4.08. The van der Waals surface area contributed by atoms with Crippen LogP contribution in [0, 0.1) is 40.6 Å². The highest BCUT2D eigenvalue weighted by molar-refractivity contribution is 8.76. The fraction of sp³-hybridized carbons (Fsp3) is 0. The zero-order valence-corrected chi connectivity index (χ0v) is 12.7. The lowest BCUT2D eigenvalue weighted by Gasteiger charge is -2.04. The summed E-state index contributed by atoms with van der Waals surface area (Å²) in [5.74, 6) is 0. The van der Waals surface area contributed by atoms with Crippen molar-refractivity contribution in [3.63, 3.8) is 0 Å². The van der Waals surface area contributed by atoms with Crippen LogP contribution in [0.2, 0.25) is 0 Å². The van der Waals surface area contributed by atoms with Gasteiger partial charge in [-0.15, -0.1) is 0 Å². The fourth-order valence-electron chi connectivity index (χ4n) is 1.63. The van der Waals surface area contributed by atoms with Crippen molar-refractivity contribution in [2.24, 2.45) is 0 Å². The molecular weight excluding hydrogens is 312 g/mol. The van der Waals surface area contributed by atoms with E-state index in [0.717, 1.165) is 9.79 Å². The first kappa shape index (κ1) is 15.5. The van der Waals surface area contributed by atoms with E-state index in [0.29, 0.717) is 22.4 Å². The predicted molar refractivity (Wildman–Crippen MR) is 85.0 cm³/mol. The van der Waals surface area contributed by atoms with Crippen LogP contribution in [0.1, 0.15) is 16.7 Å². The first-order valence-corrected chi connectivity index (χ1v) is 8.06. The molecule has 2 rings (SSSR count). The van der Waals surface area contributed by atoms with Gasteiger partial charge in [0.2, 0.25) is 0 Å². The van der Waals surface area contributed by atoms with Gasteiger partial charge in [0.15, 0.2) is 5.69 Å². The van der Waals surface area contributed by atoms with E-state index in [9.17, 15) is 0 Å². The second-order valence-corrected chi connectivity index (χ2v) is 6.35. The van der Waals surface area contributed by atoms with E-state index < -0.39 is 0 Å². The summed E-state index contributed by atoms with van der Waals surface area (Å²) in [6, 6.07) is 15.9. The van der Waals surface area contributed by atoms with Gasteiger partial charge in [-0.2, -0.15) is 15.8 Å². The molecule has 0 N–H and O–H groups in total. The van der Waals surface area contributed by atoms with Crippen LogP contribution in [0.3, 0.4) is 0 Å². The summed E-state index contributed by atoms with van der Waals surface area (Å²) < 4.78 is 0. The summed E-state index contributed by atoms with van der Waals surface area (Å²) in [5.41, 5.74) is 1.69. The normalized spacial score (nSPS) is 9.09. The molecule has 0 atom stereocenters. The van der Waals surface area contributed by atoms with Crippen molar-refractivity contribution in [2.75, 3.05) is 0 Å². The third kappa shape index (κ3) is 3.81. The Bertz CT molecular complexity index is 752. The highest BCUT2D eigenvalue weighted by Gasteiger charge is 2.05. The monoisotopic (exact) mass is 318 g/mol. The lowest BCUT2D eigenvalue weighted by atomic mass is 10.1. The molecule has 0 fully saturated rings. The lowest BCUT2D eigenvalue weighted by molar-refractivity contribution is 1.37. The molecule has 0 unspecified atom stereocenters. The van der Waals surface area contributed by atoms with Crippen LogP contribution in [-0.2, 0) is 0 Å². The van der Waals surface area contributed by atoms with Crippen molar-refractivity contribution in [3.05, 3.63) is 64.5 Å². The molecule has 6 heteroatoms. The van der Waals surface area contributed by atoms with E-state index in [-0.39, 0.29) is 0 Å². The molecule has 4 nitrogen and oxygen atoms in total. The Morgan fingerprint density at radius 2 is 1.18 bits per heavy atom. The Hall–Kier alpha value is -2.90. The Kier molecular flexibility index (Phi) is 5.07. The van der Waals surface area contributed by atoms with Crippen molar-refractivity contribution in [3.8, 4) is 18.2 Å². The largest absolute Gasteiger partial charge is 0.238 e. The van der Waals surface area contributed by atoms with Crippen molar-refractivity contribution in [2.45, 2.75) is 9.79 Å². The second kappa shape index (κ2) is 7.21. The molecule has 0 radical (unpaired) electrons. The molecule has 0 amide bonds. The van der Waals surface area contributed by atoms with Gasteiger partial charge in [0, 0.05) is 15.4 Å². The third-order valence-corrected chi connectivity index (χ3v) is 4.89. The first-order chi connectivity index (χ1) is 10.7. The topological polar surface area (TPSA) is 75.7 Å². The summed E-state index contributed by atoms with van der Waals surface area (Å²) in [6.07, 6.45) is 0. The Balaban J connectivity index is 2.25. The van der Waals surface area contributed by atoms with Gasteiger partial charge in [-0.3, -0.25) is 0 Å². The maximum absolute atomic E-state index is 8.96. The summed E-state index contributed by atoms with van der Waals surface area (Å²) in [7, 11) is 2.75. The molecule has 0 bridgehead atoms. The summed E-state index contributed by atoms with van der Waals surface area (Å²) >= 11 is 0. The maximum Gasteiger partial charge on any atom is 0.189 e. The van der Waals surface area contributed by atoms with Crippen LogP contribution >= 0.6 is 21.6 Å². The summed E-state index contributed by atoms with van der Waals surface area (Å²) in [4.78, 5) is 4.88. The highest BCUT2D eigenvalue weighted by atomic mass is 33.1. The minimum Gasteiger partial charge on any atom is -0.238 e. The molecular formula is C16H6N4S2. The molecule has 0 aliphatic rings. The van der Waals surface area contributed by atoms with Crippen LogP contribution in [0.15, 0.2) is 46.2 Å². The molecule has 22 heavy (non-hydrogen) atoms. The maximum atomic E-state index is 8.96. The molecule has 2 aromatic rings. The first-order valence-electron chi connectivity index (χ1n) is 5.91. The molecule has 102 valence electrons. The van der Waals surface area contributed by atoms with Crippen LogP contribution in [-0.4, -0.2) is 0 Å². The summed E-state index contributed by atoms with van der Waals surface area (Å²) in [5, 5.41) is 26.9. The number of hydrogen-bond acceptors (Lipinski definition) is 5. The molecule has 0 saturated carbocycles. The van der Waals surface area contributed by atoms with Gasteiger partial charge in [-0.1, -0.05) is 21.6 Å². The quantitative estimate of drug-likeness (QED) is 0.608. The average Bonchev–Trinajstić information content (AvgIpc) is 2.59. The van der Waals surface area contributed by atoms with Crippen LogP contribution in [0.25, 0.3) is 4.85 Å². The lowest BCUT2D eigenvalue weighted by Crippen LogP contribution is -1.81. The van der Waals surface area contributed by atoms with E-state index in [1.807, 2.05) is 18.2 Å². The molecule has 0 aliphatic carbocycles. The van der Waals surface area contributed by atoms with Crippen molar-refractivity contribution < 1.29 is 0 Å². The van der Waals surface area contributed by atoms with Crippen molar-refractivity contribution in [1.82, 2.24) is 0 Å². The van der Waals surface area contributed by atoms with Gasteiger partial charge in [-0.25, -0.2) is 4.85 Å². The van der Waals surface area contributed by atoms with Gasteiger partial charge in [-0.05, 0) is 36.4 Å². The van der Waals surface area contributed by atoms with E-state index >= 15 is 0 Å². The minimum atomic E-state index is 0.408. The Morgan fingerprint density at radius 3 is 1.64 bits per heavy atom. The molecule has 0 saturated heterocycles. The van der Waals surface area contributed by atoms with Gasteiger partial charge in [0.05, 0.1) is 35.9 Å². The predicted octanol–water partition coefficient (Wildman–Crippen LogP) is 4.65. The average molecular weight is 318 g/mol. The molecule has 0 heterocycles. The van der Waals surface area contributed by atoms with Crippen LogP contribution in [0.5, 0.6) is 0 Å². The zero-order valence-electron chi connectivity index (χ0n) is 11.1. The molecule has 0 spiro atoms. The smallest absolute Gasteiger partial charge is 0.189 e. The number of hydrogen-bond donors (Lipinski definition) is 0. The van der Waals surface area contributed by atoms with Crippen molar-refractivity contribution >= 4 is 27.3 Å². The number of nitrogens with zero attached hydrogens (tertiary/aromatic N) is 4. The van der Waals surface area contributed by atoms with E-state index in [1.165, 1.54) is 33.7 Å². The Morgan fingerprint density at radius 1 is 0.727 bits per heavy atom. The van der Waals surface area contributed by atoms with Gasteiger partial charge < -0.3 is 0 Å². The zero-order chi connectivity index (χ0) is 15.9. The van der Waals surface area contributed by atoms with Gasteiger partial charge in [0.25, 0.3) is 0 Å². The Labute approximate surface area is 135 Å². The van der Waals surface area contributed by atoms with E-state index in [2.05, 4.69) is 4.85 Å². The third-order valence-electron chi connectivity index (χ3n) is 2.55. The minimum absolute atomic E-state index is 0.408. The van der Waals surface area contributed by atoms with E-state index in [1.54, 1.807) is 24.3 Å². The SMILES string of the molecule is [C-]#[N+]c1cc(C#N)cc(SSc2cc(C#N)cc(C#N)c2)c1. The number of nitriles is 3.